The van der Waals surface area contributed by atoms with E-state index in [1.165, 1.54) is 43.5 Å². The lowest BCUT2D eigenvalue weighted by atomic mass is 9.90. The summed E-state index contributed by atoms with van der Waals surface area (Å²) in [5.41, 5.74) is 6.88. The minimum Gasteiger partial charge on any atom is -0.496 e. The third-order valence-electron chi connectivity index (χ3n) is 6.67. The van der Waals surface area contributed by atoms with E-state index in [0.29, 0.717) is 29.3 Å². The molecule has 1 fully saturated rings. The van der Waals surface area contributed by atoms with Crippen LogP contribution in [0, 0.1) is 17.7 Å². The third kappa shape index (κ3) is 6.47. The molecule has 1 unspecified atom stereocenters. The topological polar surface area (TPSA) is 134 Å². The van der Waals surface area contributed by atoms with Crippen LogP contribution in [0.15, 0.2) is 47.5 Å². The van der Waals surface area contributed by atoms with Crippen LogP contribution in [0.3, 0.4) is 0 Å². The molecule has 0 saturated heterocycles. The monoisotopic (exact) mass is 556 g/mol. The van der Waals surface area contributed by atoms with E-state index in [9.17, 15) is 17.6 Å². The highest BCUT2D eigenvalue weighted by Gasteiger charge is 2.34. The summed E-state index contributed by atoms with van der Waals surface area (Å²) in [5.74, 6) is -0.598. The summed E-state index contributed by atoms with van der Waals surface area (Å²) in [6, 6.07) is 9.95. The first kappa shape index (κ1) is 28.3. The maximum atomic E-state index is 14.6. The highest BCUT2D eigenvalue weighted by molar-refractivity contribution is 7.90. The number of amides is 1. The van der Waals surface area contributed by atoms with Crippen LogP contribution in [-0.4, -0.2) is 38.0 Å². The Morgan fingerprint density at radius 2 is 1.95 bits per heavy atom. The van der Waals surface area contributed by atoms with Crippen LogP contribution in [0.2, 0.25) is 0 Å². The highest BCUT2D eigenvalue weighted by atomic mass is 32.2. The van der Waals surface area contributed by atoms with Crippen molar-refractivity contribution in [1.82, 2.24) is 14.7 Å². The van der Waals surface area contributed by atoms with Gasteiger partial charge in [0.25, 0.3) is 15.9 Å². The van der Waals surface area contributed by atoms with Crippen molar-refractivity contribution in [3.8, 4) is 22.8 Å². The first-order valence-corrected chi connectivity index (χ1v) is 14.3. The van der Waals surface area contributed by atoms with Crippen molar-refractivity contribution in [2.24, 2.45) is 11.8 Å². The van der Waals surface area contributed by atoms with Crippen LogP contribution in [0.5, 0.6) is 11.5 Å². The summed E-state index contributed by atoms with van der Waals surface area (Å²) >= 11 is 0. The number of nitrogens with one attached hydrogen (secondary N) is 1. The van der Waals surface area contributed by atoms with Crippen LogP contribution >= 0.6 is 0 Å². The van der Waals surface area contributed by atoms with Crippen LogP contribution in [0.25, 0.3) is 11.3 Å². The van der Waals surface area contributed by atoms with Crippen molar-refractivity contribution >= 4 is 21.7 Å². The number of carbonyl (C=O) groups excluding carboxylic acids is 1. The fourth-order valence-corrected chi connectivity index (χ4v) is 5.69. The van der Waals surface area contributed by atoms with Gasteiger partial charge in [-0.15, -0.1) is 0 Å². The van der Waals surface area contributed by atoms with Gasteiger partial charge in [-0.2, -0.15) is 8.42 Å². The molecule has 208 valence electrons. The Morgan fingerprint density at radius 1 is 1.18 bits per heavy atom. The van der Waals surface area contributed by atoms with E-state index in [4.69, 9.17) is 20.2 Å². The number of nitrogen functional groups attached to an aromatic ring is 1. The number of nitrogens with two attached hydrogens (primary N) is 1. The number of ether oxygens (including phenoxy) is 2. The van der Waals surface area contributed by atoms with Crippen LogP contribution < -0.4 is 19.9 Å². The van der Waals surface area contributed by atoms with Gasteiger partial charge in [0.15, 0.2) is 5.03 Å². The Labute approximate surface area is 228 Å². The number of hydrogen-bond donors (Lipinski definition) is 2. The molecule has 1 saturated carbocycles. The highest BCUT2D eigenvalue weighted by Crippen LogP contribution is 2.43. The van der Waals surface area contributed by atoms with Gasteiger partial charge in [0.2, 0.25) is 0 Å². The number of pyridine rings is 2. The Kier molecular flexibility index (Phi) is 8.39. The molecule has 11 heteroatoms. The Bertz CT molecular complexity index is 1480. The van der Waals surface area contributed by atoms with E-state index in [1.807, 2.05) is 13.8 Å². The van der Waals surface area contributed by atoms with Gasteiger partial charge in [0.1, 0.15) is 28.7 Å². The standard InChI is InChI=1S/C28H33FN4O5S/c1-16(2)15-38-20-12-18(11-19(29)13-20)22-14-23(37-4)26(27(31-22)21-8-5-7-17(21)3)28(34)33-39(35,36)25-10-6-9-24(30)32-25/h6,9-14,16-17,21H,5,7-8,15H2,1-4H3,(H2,30,32)(H,33,34)/t17-,21?/m1/s1. The molecular formula is C28H33FN4O5S. The molecule has 4 rings (SSSR count). The second-order valence-corrected chi connectivity index (χ2v) is 11.8. The molecule has 2 heterocycles. The smallest absolute Gasteiger partial charge is 0.281 e. The molecule has 9 nitrogen and oxygen atoms in total. The average molecular weight is 557 g/mol. The normalized spacial score (nSPS) is 17.3. The van der Waals surface area contributed by atoms with E-state index >= 15 is 0 Å². The van der Waals surface area contributed by atoms with Gasteiger partial charge in [0.05, 0.1) is 25.1 Å². The van der Waals surface area contributed by atoms with Crippen molar-refractivity contribution in [2.45, 2.75) is 51.0 Å². The molecule has 3 aromatic rings. The second-order valence-electron chi connectivity index (χ2n) is 10.2. The number of sulfonamides is 1. The summed E-state index contributed by atoms with van der Waals surface area (Å²) < 4.78 is 53.9. The average Bonchev–Trinajstić information content (AvgIpc) is 3.31. The molecule has 39 heavy (non-hydrogen) atoms. The Hall–Kier alpha value is -3.73. The number of halogens is 1. The Balaban J connectivity index is 1.81. The fourth-order valence-electron chi connectivity index (χ4n) is 4.76. The second kappa shape index (κ2) is 11.6. The Morgan fingerprint density at radius 3 is 2.59 bits per heavy atom. The zero-order chi connectivity index (χ0) is 28.3. The fraction of sp³-hybridized carbons (Fsp3) is 0.393. The summed E-state index contributed by atoms with van der Waals surface area (Å²) in [6.45, 7) is 6.47. The first-order valence-electron chi connectivity index (χ1n) is 12.8. The zero-order valence-electron chi connectivity index (χ0n) is 22.4. The van der Waals surface area contributed by atoms with Crippen LogP contribution in [0.1, 0.15) is 62.0 Å². The van der Waals surface area contributed by atoms with E-state index < -0.39 is 21.7 Å². The number of hydrogen-bond acceptors (Lipinski definition) is 8. The number of methoxy groups -OCH3 is 1. The van der Waals surface area contributed by atoms with Gasteiger partial charge >= 0.3 is 0 Å². The van der Waals surface area contributed by atoms with E-state index in [2.05, 4.69) is 16.6 Å². The molecule has 2 aromatic heterocycles. The molecule has 0 bridgehead atoms. The van der Waals surface area contributed by atoms with Crippen molar-refractivity contribution in [2.75, 3.05) is 19.5 Å². The van der Waals surface area contributed by atoms with Crippen molar-refractivity contribution in [3.05, 3.63) is 59.5 Å². The number of nitrogens with zero attached hydrogens (tertiary/aromatic N) is 2. The van der Waals surface area contributed by atoms with Gasteiger partial charge in [0, 0.05) is 23.6 Å². The largest absolute Gasteiger partial charge is 0.496 e. The molecule has 0 aliphatic heterocycles. The predicted molar refractivity (Wildman–Crippen MR) is 146 cm³/mol. The summed E-state index contributed by atoms with van der Waals surface area (Å²) in [4.78, 5) is 22.2. The number of benzene rings is 1. The van der Waals surface area contributed by atoms with E-state index in [-0.39, 0.29) is 39.9 Å². The maximum Gasteiger partial charge on any atom is 0.281 e. The lowest BCUT2D eigenvalue weighted by Gasteiger charge is -2.22. The number of rotatable bonds is 9. The summed E-state index contributed by atoms with van der Waals surface area (Å²) in [5, 5.41) is -0.385. The van der Waals surface area contributed by atoms with Gasteiger partial charge in [-0.3, -0.25) is 9.78 Å². The maximum absolute atomic E-state index is 14.6. The molecule has 1 aromatic carbocycles. The quantitative estimate of drug-likeness (QED) is 0.379. The van der Waals surface area contributed by atoms with E-state index in [0.717, 1.165) is 19.3 Å². The first-order chi connectivity index (χ1) is 18.5. The van der Waals surface area contributed by atoms with Crippen molar-refractivity contribution < 1.29 is 27.1 Å². The molecule has 2 atom stereocenters. The molecule has 1 aliphatic carbocycles. The van der Waals surface area contributed by atoms with Crippen LogP contribution in [-0.2, 0) is 10.0 Å². The van der Waals surface area contributed by atoms with Gasteiger partial charge < -0.3 is 15.2 Å². The molecular weight excluding hydrogens is 523 g/mol. The SMILES string of the molecule is COc1cc(-c2cc(F)cc(OCC(C)C)c2)nc(C2CCC[C@H]2C)c1C(=O)NS(=O)(=O)c1cccc(N)n1. The number of anilines is 1. The molecule has 0 spiro atoms. The summed E-state index contributed by atoms with van der Waals surface area (Å²) in [7, 11) is -2.95. The van der Waals surface area contributed by atoms with Crippen molar-refractivity contribution in [1.29, 1.82) is 0 Å². The molecule has 1 amide bonds. The third-order valence-corrected chi connectivity index (χ3v) is 7.90. The molecule has 0 radical (unpaired) electrons. The van der Waals surface area contributed by atoms with E-state index in [1.54, 1.807) is 6.07 Å². The lowest BCUT2D eigenvalue weighted by molar-refractivity contribution is 0.0976. The molecule has 3 N–H and O–H groups in total. The van der Waals surface area contributed by atoms with Crippen LogP contribution in [0.4, 0.5) is 10.2 Å². The van der Waals surface area contributed by atoms with Crippen molar-refractivity contribution in [3.63, 3.8) is 0 Å². The number of aromatic nitrogens is 2. The van der Waals surface area contributed by atoms with Gasteiger partial charge in [-0.25, -0.2) is 14.1 Å². The molecule has 1 aliphatic rings. The minimum absolute atomic E-state index is 0.00114. The number of carbonyl (C=O) groups is 1. The minimum atomic E-state index is -4.34. The lowest BCUT2D eigenvalue weighted by Crippen LogP contribution is -2.33. The summed E-state index contributed by atoms with van der Waals surface area (Å²) in [6.07, 6.45) is 2.62. The van der Waals surface area contributed by atoms with Gasteiger partial charge in [-0.05, 0) is 42.5 Å². The predicted octanol–water partition coefficient (Wildman–Crippen LogP) is 4.93. The zero-order valence-corrected chi connectivity index (χ0v) is 23.2. The van der Waals surface area contributed by atoms with Gasteiger partial charge in [-0.1, -0.05) is 39.7 Å².